The van der Waals surface area contributed by atoms with Crippen molar-refractivity contribution >= 4 is 16.7 Å². The van der Waals surface area contributed by atoms with Gasteiger partial charge in [-0.3, -0.25) is 4.98 Å². The first kappa shape index (κ1) is 13.3. The molecule has 3 aromatic rings. The van der Waals surface area contributed by atoms with Crippen LogP contribution in [0.3, 0.4) is 0 Å². The van der Waals surface area contributed by atoms with Gasteiger partial charge < -0.3 is 5.11 Å². The minimum Gasteiger partial charge on any atom is -0.478 e. The molecular weight excluding hydrogens is 262 g/mol. The highest BCUT2D eigenvalue weighted by molar-refractivity contribution is 6.09. The number of aryl methyl sites for hydroxylation is 2. The zero-order valence-electron chi connectivity index (χ0n) is 11.9. The van der Waals surface area contributed by atoms with Crippen LogP contribution in [0.25, 0.3) is 21.9 Å². The van der Waals surface area contributed by atoms with Gasteiger partial charge in [-0.2, -0.15) is 0 Å². The van der Waals surface area contributed by atoms with Crippen molar-refractivity contribution < 1.29 is 9.90 Å². The van der Waals surface area contributed by atoms with Crippen LogP contribution < -0.4 is 0 Å². The predicted molar refractivity (Wildman–Crippen MR) is 83.6 cm³/mol. The van der Waals surface area contributed by atoms with Crippen LogP contribution in [0.5, 0.6) is 0 Å². The Morgan fingerprint density at radius 2 is 1.67 bits per heavy atom. The summed E-state index contributed by atoms with van der Waals surface area (Å²) in [5.41, 5.74) is 3.74. The molecule has 21 heavy (non-hydrogen) atoms. The van der Waals surface area contributed by atoms with Gasteiger partial charge in [-0.05, 0) is 47.9 Å². The molecule has 0 aliphatic heterocycles. The van der Waals surface area contributed by atoms with Gasteiger partial charge in [0, 0.05) is 11.4 Å². The molecule has 0 bridgehead atoms. The number of hydrogen-bond donors (Lipinski definition) is 1. The van der Waals surface area contributed by atoms with Gasteiger partial charge in [-0.15, -0.1) is 0 Å². The number of carboxylic acids is 1. The molecule has 104 valence electrons. The topological polar surface area (TPSA) is 50.2 Å². The Morgan fingerprint density at radius 1 is 1.00 bits per heavy atom. The monoisotopic (exact) mass is 277 g/mol. The molecule has 0 aliphatic rings. The number of fused-ring (bicyclic) bond motifs is 1. The normalized spacial score (nSPS) is 10.8. The van der Waals surface area contributed by atoms with E-state index in [0.717, 1.165) is 33.3 Å². The summed E-state index contributed by atoms with van der Waals surface area (Å²) in [6.07, 6.45) is 0. The van der Waals surface area contributed by atoms with Crippen molar-refractivity contribution in [2.75, 3.05) is 0 Å². The van der Waals surface area contributed by atoms with Crippen molar-refractivity contribution in [2.45, 2.75) is 13.8 Å². The molecule has 1 heterocycles. The Labute approximate surface area is 122 Å². The first-order chi connectivity index (χ1) is 10.1. The second kappa shape index (κ2) is 5.02. The molecule has 3 heteroatoms. The summed E-state index contributed by atoms with van der Waals surface area (Å²) in [7, 11) is 0. The van der Waals surface area contributed by atoms with Crippen LogP contribution in [0.4, 0.5) is 0 Å². The van der Waals surface area contributed by atoms with Crippen molar-refractivity contribution in [3.05, 3.63) is 65.5 Å². The number of hydrogen-bond acceptors (Lipinski definition) is 2. The van der Waals surface area contributed by atoms with E-state index in [1.54, 1.807) is 0 Å². The fourth-order valence-electron chi connectivity index (χ4n) is 2.73. The Morgan fingerprint density at radius 3 is 2.33 bits per heavy atom. The average molecular weight is 277 g/mol. The number of rotatable bonds is 2. The summed E-state index contributed by atoms with van der Waals surface area (Å²) in [4.78, 5) is 16.1. The number of aromatic carboxylic acids is 1. The highest BCUT2D eigenvalue weighted by Gasteiger charge is 2.16. The molecule has 0 fully saturated rings. The van der Waals surface area contributed by atoms with Crippen molar-refractivity contribution in [3.8, 4) is 11.1 Å². The Bertz CT molecular complexity index is 833. The Balaban J connectivity index is 2.37. The maximum atomic E-state index is 11.8. The molecule has 0 amide bonds. The van der Waals surface area contributed by atoms with E-state index in [9.17, 15) is 9.90 Å². The standard InChI is InChI=1S/C18H15NO2/c1-11-9-14(10-12(2)19-11)16-8-7-13-5-3-4-6-15(13)17(16)18(20)21/h3-10H,1-2H3,(H,20,21). The van der Waals surface area contributed by atoms with Gasteiger partial charge in [0.15, 0.2) is 0 Å². The van der Waals surface area contributed by atoms with E-state index in [-0.39, 0.29) is 0 Å². The van der Waals surface area contributed by atoms with Crippen LogP contribution >= 0.6 is 0 Å². The molecule has 0 radical (unpaired) electrons. The van der Waals surface area contributed by atoms with Gasteiger partial charge in [0.05, 0.1) is 5.56 Å². The fraction of sp³-hybridized carbons (Fsp3) is 0.111. The summed E-state index contributed by atoms with van der Waals surface area (Å²) in [6, 6.07) is 15.2. The molecule has 3 nitrogen and oxygen atoms in total. The van der Waals surface area contributed by atoms with Crippen LogP contribution in [0, 0.1) is 13.8 Å². The maximum absolute atomic E-state index is 11.8. The molecule has 0 aliphatic carbocycles. The lowest BCUT2D eigenvalue weighted by atomic mass is 9.94. The van der Waals surface area contributed by atoms with E-state index in [1.165, 1.54) is 0 Å². The first-order valence-corrected chi connectivity index (χ1v) is 6.77. The van der Waals surface area contributed by atoms with Gasteiger partial charge in [0.1, 0.15) is 0 Å². The summed E-state index contributed by atoms with van der Waals surface area (Å²) in [5.74, 6) is -0.908. The first-order valence-electron chi connectivity index (χ1n) is 6.77. The molecule has 0 unspecified atom stereocenters. The summed E-state index contributed by atoms with van der Waals surface area (Å²) < 4.78 is 0. The third-order valence-corrected chi connectivity index (χ3v) is 3.54. The molecule has 2 aromatic carbocycles. The lowest BCUT2D eigenvalue weighted by Crippen LogP contribution is -2.01. The van der Waals surface area contributed by atoms with Gasteiger partial charge in [0.2, 0.25) is 0 Å². The third-order valence-electron chi connectivity index (χ3n) is 3.54. The minimum atomic E-state index is -0.908. The predicted octanol–water partition coefficient (Wildman–Crippen LogP) is 4.22. The van der Waals surface area contributed by atoms with E-state index in [0.29, 0.717) is 5.56 Å². The smallest absolute Gasteiger partial charge is 0.336 e. The second-order valence-electron chi connectivity index (χ2n) is 5.15. The van der Waals surface area contributed by atoms with Crippen molar-refractivity contribution in [1.29, 1.82) is 0 Å². The van der Waals surface area contributed by atoms with Crippen LogP contribution in [0.15, 0.2) is 48.5 Å². The van der Waals surface area contributed by atoms with Crippen molar-refractivity contribution in [1.82, 2.24) is 4.98 Å². The Hall–Kier alpha value is -2.68. The SMILES string of the molecule is Cc1cc(-c2ccc3ccccc3c2C(=O)O)cc(C)n1. The molecule has 0 spiro atoms. The third kappa shape index (κ3) is 2.38. The molecule has 3 rings (SSSR count). The van der Waals surface area contributed by atoms with Crippen molar-refractivity contribution in [3.63, 3.8) is 0 Å². The summed E-state index contributed by atoms with van der Waals surface area (Å²) >= 11 is 0. The van der Waals surface area contributed by atoms with E-state index in [4.69, 9.17) is 0 Å². The number of benzene rings is 2. The van der Waals surface area contributed by atoms with Crippen LogP contribution in [-0.2, 0) is 0 Å². The minimum absolute atomic E-state index is 0.345. The van der Waals surface area contributed by atoms with Crippen LogP contribution in [-0.4, -0.2) is 16.1 Å². The van der Waals surface area contributed by atoms with Gasteiger partial charge in [-0.1, -0.05) is 36.4 Å². The van der Waals surface area contributed by atoms with E-state index < -0.39 is 5.97 Å². The molecule has 1 N–H and O–H groups in total. The van der Waals surface area contributed by atoms with Gasteiger partial charge in [-0.25, -0.2) is 4.79 Å². The zero-order valence-corrected chi connectivity index (χ0v) is 11.9. The number of carboxylic acid groups (broad SMARTS) is 1. The summed E-state index contributed by atoms with van der Waals surface area (Å²) in [5, 5.41) is 11.3. The molecule has 1 aromatic heterocycles. The molecule has 0 saturated heterocycles. The van der Waals surface area contributed by atoms with Gasteiger partial charge in [0.25, 0.3) is 0 Å². The van der Waals surface area contributed by atoms with Crippen LogP contribution in [0.1, 0.15) is 21.7 Å². The fourth-order valence-corrected chi connectivity index (χ4v) is 2.73. The lowest BCUT2D eigenvalue weighted by molar-refractivity contribution is 0.0700. The number of carbonyl (C=O) groups is 1. The van der Waals surface area contributed by atoms with Crippen molar-refractivity contribution in [2.24, 2.45) is 0 Å². The van der Waals surface area contributed by atoms with E-state index in [1.807, 2.05) is 62.4 Å². The number of pyridine rings is 1. The van der Waals surface area contributed by atoms with Gasteiger partial charge >= 0.3 is 5.97 Å². The summed E-state index contributed by atoms with van der Waals surface area (Å²) in [6.45, 7) is 3.83. The quantitative estimate of drug-likeness (QED) is 0.763. The largest absolute Gasteiger partial charge is 0.478 e. The maximum Gasteiger partial charge on any atom is 0.336 e. The number of nitrogens with zero attached hydrogens (tertiary/aromatic N) is 1. The Kier molecular flexibility index (Phi) is 3.18. The highest BCUT2D eigenvalue weighted by atomic mass is 16.4. The van der Waals surface area contributed by atoms with E-state index >= 15 is 0 Å². The molecule has 0 saturated carbocycles. The zero-order chi connectivity index (χ0) is 15.0. The van der Waals surface area contributed by atoms with Crippen LogP contribution in [0.2, 0.25) is 0 Å². The average Bonchev–Trinajstić information content (AvgIpc) is 2.44. The molecular formula is C18H15NO2. The number of aromatic nitrogens is 1. The second-order valence-corrected chi connectivity index (χ2v) is 5.15. The highest BCUT2D eigenvalue weighted by Crippen LogP contribution is 2.31. The van der Waals surface area contributed by atoms with E-state index in [2.05, 4.69) is 4.98 Å². The molecule has 0 atom stereocenters. The lowest BCUT2D eigenvalue weighted by Gasteiger charge is -2.11.